The van der Waals surface area contributed by atoms with Crippen molar-refractivity contribution in [1.29, 1.82) is 0 Å². The van der Waals surface area contributed by atoms with Gasteiger partial charge in [0.1, 0.15) is 0 Å². The Labute approximate surface area is 129 Å². The van der Waals surface area contributed by atoms with Crippen molar-refractivity contribution in [2.45, 2.75) is 65.6 Å². The second kappa shape index (κ2) is 8.93. The Bertz CT molecular complexity index is 296. The molecule has 0 bridgehead atoms. The van der Waals surface area contributed by atoms with E-state index in [2.05, 4.69) is 44.2 Å². The third-order valence-electron chi connectivity index (χ3n) is 4.33. The number of nitrogens with zero attached hydrogens (tertiary/aromatic N) is 1. The lowest BCUT2D eigenvalue weighted by atomic mass is 9.99. The molecule has 1 heterocycles. The number of amides is 1. The van der Waals surface area contributed by atoms with Crippen molar-refractivity contribution >= 4 is 17.7 Å². The molecule has 1 N–H and O–H groups in total. The number of nitrogens with one attached hydrogen (secondary N) is 1. The standard InChI is InChI=1S/C16H32N2OS/c1-6-13(4)14-16(19)18(15(17-14)12(2)3)10-8-7-9-11-20-5/h12-15,17H,6-11H2,1-5H3. The summed E-state index contributed by atoms with van der Waals surface area (Å²) < 4.78 is 0. The Kier molecular flexibility index (Phi) is 7.96. The van der Waals surface area contributed by atoms with Gasteiger partial charge < -0.3 is 4.90 Å². The van der Waals surface area contributed by atoms with Crippen LogP contribution in [-0.4, -0.2) is 41.6 Å². The van der Waals surface area contributed by atoms with Crippen molar-refractivity contribution in [2.75, 3.05) is 18.6 Å². The molecule has 20 heavy (non-hydrogen) atoms. The summed E-state index contributed by atoms with van der Waals surface area (Å²) in [7, 11) is 0. The molecular weight excluding hydrogens is 268 g/mol. The Balaban J connectivity index is 2.54. The highest BCUT2D eigenvalue weighted by molar-refractivity contribution is 7.98. The first-order chi connectivity index (χ1) is 9.52. The van der Waals surface area contributed by atoms with Gasteiger partial charge in [0, 0.05) is 6.54 Å². The van der Waals surface area contributed by atoms with Crippen LogP contribution in [0.2, 0.25) is 0 Å². The minimum atomic E-state index is 0.0265. The number of hydrogen-bond acceptors (Lipinski definition) is 3. The zero-order chi connectivity index (χ0) is 15.1. The maximum Gasteiger partial charge on any atom is 0.241 e. The average Bonchev–Trinajstić information content (AvgIpc) is 2.75. The Morgan fingerprint density at radius 1 is 1.25 bits per heavy atom. The second-order valence-electron chi connectivity index (χ2n) is 6.30. The van der Waals surface area contributed by atoms with E-state index < -0.39 is 0 Å². The van der Waals surface area contributed by atoms with Gasteiger partial charge in [-0.2, -0.15) is 11.8 Å². The summed E-state index contributed by atoms with van der Waals surface area (Å²) in [6, 6.07) is 0.0265. The van der Waals surface area contributed by atoms with E-state index in [0.29, 0.717) is 17.7 Å². The van der Waals surface area contributed by atoms with E-state index in [9.17, 15) is 4.79 Å². The molecule has 0 aromatic rings. The third-order valence-corrected chi connectivity index (χ3v) is 5.02. The van der Waals surface area contributed by atoms with Gasteiger partial charge in [-0.25, -0.2) is 0 Å². The minimum Gasteiger partial charge on any atom is -0.326 e. The normalized spacial score (nSPS) is 24.7. The molecular formula is C16H32N2OS. The van der Waals surface area contributed by atoms with Crippen LogP contribution < -0.4 is 5.32 Å². The number of thioether (sulfide) groups is 1. The van der Waals surface area contributed by atoms with Crippen LogP contribution in [0.3, 0.4) is 0 Å². The smallest absolute Gasteiger partial charge is 0.241 e. The van der Waals surface area contributed by atoms with Crippen LogP contribution in [0.1, 0.15) is 53.4 Å². The summed E-state index contributed by atoms with van der Waals surface area (Å²) in [5, 5.41) is 3.57. The third kappa shape index (κ3) is 4.66. The SMILES string of the molecule is CCC(C)C1NC(C(C)C)N(CCCCCSC)C1=O. The fourth-order valence-corrected chi connectivity index (χ4v) is 3.30. The first-order valence-corrected chi connectivity index (χ1v) is 9.47. The van der Waals surface area contributed by atoms with Crippen LogP contribution >= 0.6 is 11.8 Å². The molecule has 0 aromatic carbocycles. The van der Waals surface area contributed by atoms with E-state index in [1.54, 1.807) is 0 Å². The van der Waals surface area contributed by atoms with Crippen molar-refractivity contribution in [3.05, 3.63) is 0 Å². The molecule has 3 nitrogen and oxygen atoms in total. The molecule has 118 valence electrons. The van der Waals surface area contributed by atoms with E-state index in [1.165, 1.54) is 18.6 Å². The van der Waals surface area contributed by atoms with E-state index in [-0.39, 0.29) is 12.2 Å². The monoisotopic (exact) mass is 300 g/mol. The maximum absolute atomic E-state index is 12.6. The van der Waals surface area contributed by atoms with Crippen LogP contribution in [0.25, 0.3) is 0 Å². The van der Waals surface area contributed by atoms with Crippen molar-refractivity contribution in [3.8, 4) is 0 Å². The van der Waals surface area contributed by atoms with Gasteiger partial charge in [0.2, 0.25) is 5.91 Å². The van der Waals surface area contributed by atoms with Crippen LogP contribution in [0.5, 0.6) is 0 Å². The summed E-state index contributed by atoms with van der Waals surface area (Å²) in [6.07, 6.45) is 7.04. The number of carbonyl (C=O) groups excluding carboxylic acids is 1. The van der Waals surface area contributed by atoms with E-state index in [0.717, 1.165) is 19.4 Å². The fourth-order valence-electron chi connectivity index (χ4n) is 2.81. The van der Waals surface area contributed by atoms with Gasteiger partial charge in [-0.15, -0.1) is 0 Å². The highest BCUT2D eigenvalue weighted by Crippen LogP contribution is 2.23. The summed E-state index contributed by atoms with van der Waals surface area (Å²) >= 11 is 1.90. The molecule has 0 spiro atoms. The molecule has 4 heteroatoms. The maximum atomic E-state index is 12.6. The van der Waals surface area contributed by atoms with Crippen molar-refractivity contribution < 1.29 is 4.79 Å². The lowest BCUT2D eigenvalue weighted by Gasteiger charge is -2.27. The molecule has 1 fully saturated rings. The zero-order valence-corrected chi connectivity index (χ0v) is 14.6. The molecule has 1 aliphatic rings. The highest BCUT2D eigenvalue weighted by atomic mass is 32.2. The van der Waals surface area contributed by atoms with E-state index in [1.807, 2.05) is 11.8 Å². The fraction of sp³-hybridized carbons (Fsp3) is 0.938. The molecule has 0 radical (unpaired) electrons. The first kappa shape index (κ1) is 17.8. The topological polar surface area (TPSA) is 32.3 Å². The predicted molar refractivity (Wildman–Crippen MR) is 89.0 cm³/mol. The molecule has 3 unspecified atom stereocenters. The van der Waals surface area contributed by atoms with Crippen LogP contribution in [-0.2, 0) is 4.79 Å². The predicted octanol–water partition coefficient (Wildman–Crippen LogP) is 3.35. The summed E-state index contributed by atoms with van der Waals surface area (Å²) in [5.41, 5.74) is 0. The summed E-state index contributed by atoms with van der Waals surface area (Å²) in [5.74, 6) is 2.45. The molecule has 1 rings (SSSR count). The van der Waals surface area contributed by atoms with Crippen LogP contribution in [0, 0.1) is 11.8 Å². The lowest BCUT2D eigenvalue weighted by Crippen LogP contribution is -2.42. The van der Waals surface area contributed by atoms with Crippen molar-refractivity contribution in [3.63, 3.8) is 0 Å². The molecule has 0 aromatic heterocycles. The molecule has 1 saturated heterocycles. The molecule has 1 amide bonds. The van der Waals surface area contributed by atoms with Crippen molar-refractivity contribution in [2.24, 2.45) is 11.8 Å². The molecule has 0 aliphatic carbocycles. The average molecular weight is 301 g/mol. The summed E-state index contributed by atoms with van der Waals surface area (Å²) in [6.45, 7) is 9.65. The van der Waals surface area contributed by atoms with E-state index in [4.69, 9.17) is 0 Å². The first-order valence-electron chi connectivity index (χ1n) is 8.08. The lowest BCUT2D eigenvalue weighted by molar-refractivity contribution is -0.131. The Morgan fingerprint density at radius 3 is 2.50 bits per heavy atom. The minimum absolute atomic E-state index is 0.0265. The van der Waals surface area contributed by atoms with Gasteiger partial charge in [0.15, 0.2) is 0 Å². The number of carbonyl (C=O) groups is 1. The van der Waals surface area contributed by atoms with Gasteiger partial charge in [0.05, 0.1) is 12.2 Å². The largest absolute Gasteiger partial charge is 0.326 e. The molecule has 3 atom stereocenters. The zero-order valence-electron chi connectivity index (χ0n) is 13.8. The second-order valence-corrected chi connectivity index (χ2v) is 7.29. The van der Waals surface area contributed by atoms with Crippen LogP contribution in [0.15, 0.2) is 0 Å². The Morgan fingerprint density at radius 2 is 1.95 bits per heavy atom. The molecule has 0 saturated carbocycles. The van der Waals surface area contributed by atoms with Gasteiger partial charge in [0.25, 0.3) is 0 Å². The van der Waals surface area contributed by atoms with Crippen LogP contribution in [0.4, 0.5) is 0 Å². The van der Waals surface area contributed by atoms with Gasteiger partial charge in [-0.05, 0) is 36.7 Å². The Hall–Kier alpha value is -0.220. The van der Waals surface area contributed by atoms with E-state index >= 15 is 0 Å². The summed E-state index contributed by atoms with van der Waals surface area (Å²) in [4.78, 5) is 14.7. The number of unbranched alkanes of at least 4 members (excludes halogenated alkanes) is 2. The van der Waals surface area contributed by atoms with Gasteiger partial charge >= 0.3 is 0 Å². The highest BCUT2D eigenvalue weighted by Gasteiger charge is 2.41. The van der Waals surface area contributed by atoms with Gasteiger partial charge in [-0.1, -0.05) is 40.5 Å². The molecule has 1 aliphatic heterocycles. The quantitative estimate of drug-likeness (QED) is 0.663. The number of hydrogen-bond donors (Lipinski definition) is 1. The number of rotatable bonds is 9. The van der Waals surface area contributed by atoms with Crippen molar-refractivity contribution in [1.82, 2.24) is 10.2 Å². The van der Waals surface area contributed by atoms with Gasteiger partial charge in [-0.3, -0.25) is 10.1 Å².